The van der Waals surface area contributed by atoms with Gasteiger partial charge in [0, 0.05) is 17.5 Å². The number of nitrogens with zero attached hydrogens (tertiary/aromatic N) is 1. The highest BCUT2D eigenvalue weighted by molar-refractivity contribution is 7.12. The summed E-state index contributed by atoms with van der Waals surface area (Å²) in [5, 5.41) is 4.98. The molecular weight excluding hydrogens is 528 g/mol. The number of benzene rings is 3. The number of ketones is 2. The summed E-state index contributed by atoms with van der Waals surface area (Å²) in [7, 11) is 0. The maximum Gasteiger partial charge on any atom is 0.238 e. The van der Waals surface area contributed by atoms with Gasteiger partial charge in [0.1, 0.15) is 11.5 Å². The molecule has 0 radical (unpaired) electrons. The molecule has 41 heavy (non-hydrogen) atoms. The molecule has 1 aromatic heterocycles. The van der Waals surface area contributed by atoms with Gasteiger partial charge in [0.15, 0.2) is 11.6 Å². The molecule has 5 nitrogen and oxygen atoms in total. The van der Waals surface area contributed by atoms with Crippen LogP contribution in [0, 0.1) is 11.8 Å². The molecule has 0 bridgehead atoms. The molecule has 4 aromatic rings. The molecule has 1 spiro atoms. The van der Waals surface area contributed by atoms with Crippen LogP contribution in [-0.2, 0) is 16.6 Å². The molecule has 3 aliphatic heterocycles. The number of anilines is 1. The molecule has 6 heteroatoms. The lowest BCUT2D eigenvalue weighted by molar-refractivity contribution is -0.122. The first-order valence-electron chi connectivity index (χ1n) is 14.1. The van der Waals surface area contributed by atoms with Crippen LogP contribution >= 0.6 is 11.3 Å². The van der Waals surface area contributed by atoms with Crippen LogP contribution in [0.25, 0.3) is 6.08 Å². The van der Waals surface area contributed by atoms with E-state index in [4.69, 9.17) is 0 Å². The van der Waals surface area contributed by atoms with Crippen LogP contribution in [0.3, 0.4) is 0 Å². The number of carbonyl (C=O) groups is 3. The van der Waals surface area contributed by atoms with E-state index in [-0.39, 0.29) is 17.5 Å². The van der Waals surface area contributed by atoms with Crippen molar-refractivity contribution in [3.8, 4) is 0 Å². The number of hydrogen-bond acceptors (Lipinski definition) is 5. The summed E-state index contributed by atoms with van der Waals surface area (Å²) >= 11 is 1.37. The Kier molecular flexibility index (Phi) is 6.05. The third-order valence-corrected chi connectivity index (χ3v) is 9.65. The Hall–Kier alpha value is -4.29. The van der Waals surface area contributed by atoms with Gasteiger partial charge in [0.05, 0.1) is 16.8 Å². The molecule has 204 valence electrons. The number of fused-ring (bicyclic) bond motifs is 6. The molecule has 1 N–H and O–H groups in total. The first-order valence-corrected chi connectivity index (χ1v) is 15.0. The number of para-hydroxylation sites is 1. The summed E-state index contributed by atoms with van der Waals surface area (Å²) < 4.78 is 0. The van der Waals surface area contributed by atoms with E-state index in [0.29, 0.717) is 22.0 Å². The van der Waals surface area contributed by atoms with Crippen LogP contribution in [0.2, 0.25) is 0 Å². The van der Waals surface area contributed by atoms with Crippen molar-refractivity contribution in [3.05, 3.63) is 129 Å². The Morgan fingerprint density at radius 2 is 1.68 bits per heavy atom. The molecular formula is C35H30N2O3S. The molecule has 0 aliphatic carbocycles. The highest BCUT2D eigenvalue weighted by Crippen LogP contribution is 2.62. The minimum atomic E-state index is -1.30. The van der Waals surface area contributed by atoms with Gasteiger partial charge >= 0.3 is 0 Å². The van der Waals surface area contributed by atoms with Crippen LogP contribution in [0.4, 0.5) is 5.69 Å². The third-order valence-electron chi connectivity index (χ3n) is 8.77. The Labute approximate surface area is 243 Å². The van der Waals surface area contributed by atoms with E-state index in [1.165, 1.54) is 11.3 Å². The van der Waals surface area contributed by atoms with Crippen molar-refractivity contribution >= 4 is 40.6 Å². The zero-order valence-corrected chi connectivity index (χ0v) is 23.7. The molecule has 1 fully saturated rings. The fourth-order valence-electron chi connectivity index (χ4n) is 7.19. The van der Waals surface area contributed by atoms with Gasteiger partial charge in [0.2, 0.25) is 5.91 Å². The molecule has 1 amide bonds. The van der Waals surface area contributed by atoms with Crippen LogP contribution in [0.1, 0.15) is 62.2 Å². The summed E-state index contributed by atoms with van der Waals surface area (Å²) in [5.41, 5.74) is 3.75. The van der Waals surface area contributed by atoms with Crippen molar-refractivity contribution in [1.82, 2.24) is 4.90 Å². The first-order chi connectivity index (χ1) is 19.9. The van der Waals surface area contributed by atoms with E-state index in [0.717, 1.165) is 28.7 Å². The largest absolute Gasteiger partial charge is 0.358 e. The fraction of sp³-hybridized carbons (Fsp3) is 0.229. The minimum Gasteiger partial charge on any atom is -0.358 e. The van der Waals surface area contributed by atoms with Crippen molar-refractivity contribution in [2.45, 2.75) is 37.8 Å². The topological polar surface area (TPSA) is 66.5 Å². The fourth-order valence-corrected chi connectivity index (χ4v) is 7.89. The number of nitrogens with one attached hydrogen (secondary N) is 1. The van der Waals surface area contributed by atoms with Crippen molar-refractivity contribution in [3.63, 3.8) is 0 Å². The highest BCUT2D eigenvalue weighted by Gasteiger charge is 2.70. The maximum atomic E-state index is 14.9. The predicted molar refractivity (Wildman–Crippen MR) is 162 cm³/mol. The van der Waals surface area contributed by atoms with Gasteiger partial charge in [0.25, 0.3) is 0 Å². The first kappa shape index (κ1) is 25.7. The second-order valence-corrected chi connectivity index (χ2v) is 12.5. The second-order valence-electron chi connectivity index (χ2n) is 11.6. The van der Waals surface area contributed by atoms with Gasteiger partial charge in [-0.25, -0.2) is 0 Å². The molecule has 0 unspecified atom stereocenters. The summed E-state index contributed by atoms with van der Waals surface area (Å²) in [6, 6.07) is 25.6. The molecule has 7 rings (SSSR count). The third kappa shape index (κ3) is 3.77. The normalized spacial score (nSPS) is 23.8. The molecule has 3 aromatic carbocycles. The van der Waals surface area contributed by atoms with Gasteiger partial charge in [-0.05, 0) is 58.2 Å². The van der Waals surface area contributed by atoms with Gasteiger partial charge in [-0.3, -0.25) is 14.4 Å². The highest BCUT2D eigenvalue weighted by atomic mass is 32.1. The number of thiophene rings is 1. The minimum absolute atomic E-state index is 0.141. The Bertz CT molecular complexity index is 1710. The summed E-state index contributed by atoms with van der Waals surface area (Å²) in [4.78, 5) is 46.3. The van der Waals surface area contributed by atoms with Crippen LogP contribution < -0.4 is 5.32 Å². The smallest absolute Gasteiger partial charge is 0.238 e. The monoisotopic (exact) mass is 558 g/mol. The standard InChI is InChI=1S/C35H30N2O3S/c1-21(2)20-22-13-15-24(16-14-22)31(38)29-30(32(39)28-12-7-19-41-28)37-18-17-23-8-3-4-9-25(23)33(37)35(29)26-10-5-6-11-27(26)36-34(35)40/h3-19,21,29-30,33H,20H2,1-2H3,(H,36,40)/t29-,30+,33-,35-/m0/s1. The molecule has 4 heterocycles. The van der Waals surface area contributed by atoms with E-state index in [9.17, 15) is 14.4 Å². The lowest BCUT2D eigenvalue weighted by Gasteiger charge is -2.38. The Morgan fingerprint density at radius 3 is 2.44 bits per heavy atom. The van der Waals surface area contributed by atoms with Crippen LogP contribution in [-0.4, -0.2) is 28.4 Å². The summed E-state index contributed by atoms with van der Waals surface area (Å²) in [6.45, 7) is 4.33. The number of Topliss-reactive ketones (excluding diaryl/α,β-unsaturated/α-hetero) is 2. The molecule has 4 atom stereocenters. The Morgan fingerprint density at radius 1 is 0.927 bits per heavy atom. The van der Waals surface area contributed by atoms with Gasteiger partial charge in [-0.2, -0.15) is 0 Å². The Balaban J connectivity index is 1.48. The van der Waals surface area contributed by atoms with E-state index in [2.05, 4.69) is 19.2 Å². The number of rotatable bonds is 6. The molecule has 1 saturated heterocycles. The van der Waals surface area contributed by atoms with Gasteiger partial charge in [-0.15, -0.1) is 11.3 Å². The number of amides is 1. The molecule has 3 aliphatic rings. The van der Waals surface area contributed by atoms with Crippen molar-refractivity contribution in [1.29, 1.82) is 0 Å². The van der Waals surface area contributed by atoms with E-state index >= 15 is 0 Å². The average molecular weight is 559 g/mol. The zero-order valence-electron chi connectivity index (χ0n) is 22.9. The van der Waals surface area contributed by atoms with E-state index < -0.39 is 23.4 Å². The van der Waals surface area contributed by atoms with Crippen molar-refractivity contribution in [2.24, 2.45) is 11.8 Å². The predicted octanol–water partition coefficient (Wildman–Crippen LogP) is 6.93. The zero-order chi connectivity index (χ0) is 28.3. The summed E-state index contributed by atoms with van der Waals surface area (Å²) in [6.07, 6.45) is 4.81. The van der Waals surface area contributed by atoms with Crippen molar-refractivity contribution in [2.75, 3.05) is 5.32 Å². The number of hydrogen-bond donors (Lipinski definition) is 1. The molecule has 0 saturated carbocycles. The van der Waals surface area contributed by atoms with Crippen molar-refractivity contribution < 1.29 is 14.4 Å². The van der Waals surface area contributed by atoms with Gasteiger partial charge < -0.3 is 10.2 Å². The number of carbonyl (C=O) groups excluding carboxylic acids is 3. The average Bonchev–Trinajstić information content (AvgIpc) is 3.69. The summed E-state index contributed by atoms with van der Waals surface area (Å²) in [5.74, 6) is -1.03. The van der Waals surface area contributed by atoms with E-state index in [1.807, 2.05) is 101 Å². The van der Waals surface area contributed by atoms with Gasteiger partial charge in [-0.1, -0.05) is 86.6 Å². The van der Waals surface area contributed by atoms with E-state index in [1.54, 1.807) is 6.07 Å². The lowest BCUT2D eigenvalue weighted by Crippen LogP contribution is -2.49. The quantitative estimate of drug-likeness (QED) is 0.261. The van der Waals surface area contributed by atoms with Crippen LogP contribution in [0.5, 0.6) is 0 Å². The maximum absolute atomic E-state index is 14.9. The van der Waals surface area contributed by atoms with Crippen LogP contribution in [0.15, 0.2) is 96.5 Å². The lowest BCUT2D eigenvalue weighted by atomic mass is 9.62. The SMILES string of the molecule is CC(C)Cc1ccc(C(=O)[C@@H]2[C@H](C(=O)c3cccs3)N3C=Cc4ccccc4[C@H]3[C@@]23C(=O)Nc2ccccc23)cc1. The second kappa shape index (κ2) is 9.67.